The molecular weight excluding hydrogens is 284 g/mol. The molecule has 2 heterocycles. The van der Waals surface area contributed by atoms with Crippen LogP contribution in [0, 0.1) is 6.92 Å². The van der Waals surface area contributed by atoms with E-state index in [0.717, 1.165) is 56.3 Å². The summed E-state index contributed by atoms with van der Waals surface area (Å²) < 4.78 is 0. The molecule has 1 aliphatic heterocycles. The van der Waals surface area contributed by atoms with Crippen molar-refractivity contribution in [2.45, 2.75) is 44.7 Å². The van der Waals surface area contributed by atoms with E-state index in [9.17, 15) is 4.79 Å². The second kappa shape index (κ2) is 6.02. The second-order valence-corrected chi connectivity index (χ2v) is 7.47. The molecule has 2 fully saturated rings. The van der Waals surface area contributed by atoms with E-state index in [2.05, 4.69) is 15.3 Å². The second-order valence-electron chi connectivity index (χ2n) is 6.41. The van der Waals surface area contributed by atoms with Gasteiger partial charge in [-0.2, -0.15) is 0 Å². The van der Waals surface area contributed by atoms with Gasteiger partial charge in [0.05, 0.1) is 10.7 Å². The van der Waals surface area contributed by atoms with E-state index < -0.39 is 0 Å². The van der Waals surface area contributed by atoms with Crippen LogP contribution in [-0.2, 0) is 11.3 Å². The maximum atomic E-state index is 12.3. The van der Waals surface area contributed by atoms with Crippen molar-refractivity contribution in [2.24, 2.45) is 5.73 Å². The van der Waals surface area contributed by atoms with Gasteiger partial charge in [-0.05, 0) is 26.2 Å². The number of nitrogens with two attached hydrogens (primary N) is 1. The Balaban J connectivity index is 1.45. The molecule has 1 aromatic heterocycles. The highest BCUT2D eigenvalue weighted by atomic mass is 32.1. The monoisotopic (exact) mass is 308 g/mol. The third kappa shape index (κ3) is 3.62. The summed E-state index contributed by atoms with van der Waals surface area (Å²) >= 11 is 1.70. The zero-order chi connectivity index (χ0) is 14.9. The summed E-state index contributed by atoms with van der Waals surface area (Å²) in [7, 11) is 0. The fraction of sp³-hybridized carbons (Fsp3) is 0.733. The standard InChI is InChI=1S/C15H24N4OS/c1-12-17-13(11-21-12)10-18-5-7-19(8-6-18)14(20)9-15(16)3-2-4-15/h11H,2-10,16H2,1H3. The fourth-order valence-corrected chi connectivity index (χ4v) is 3.69. The van der Waals surface area contributed by atoms with E-state index in [1.165, 1.54) is 6.42 Å². The number of thiazole rings is 1. The van der Waals surface area contributed by atoms with E-state index >= 15 is 0 Å². The predicted octanol–water partition coefficient (Wildman–Crippen LogP) is 1.37. The van der Waals surface area contributed by atoms with Crippen LogP contribution in [0.5, 0.6) is 0 Å². The topological polar surface area (TPSA) is 62.5 Å². The lowest BCUT2D eigenvalue weighted by molar-refractivity contribution is -0.135. The van der Waals surface area contributed by atoms with Crippen molar-refractivity contribution in [3.8, 4) is 0 Å². The Labute approximate surface area is 130 Å². The summed E-state index contributed by atoms with van der Waals surface area (Å²) in [4.78, 5) is 21.2. The van der Waals surface area contributed by atoms with Gasteiger partial charge in [0.2, 0.25) is 5.91 Å². The van der Waals surface area contributed by atoms with Gasteiger partial charge in [0.1, 0.15) is 0 Å². The Morgan fingerprint density at radius 1 is 1.38 bits per heavy atom. The summed E-state index contributed by atoms with van der Waals surface area (Å²) in [6, 6.07) is 0. The first-order valence-corrected chi connectivity index (χ1v) is 8.62. The SMILES string of the molecule is Cc1nc(CN2CCN(C(=O)CC3(N)CCC3)CC2)cs1. The van der Waals surface area contributed by atoms with E-state index in [4.69, 9.17) is 5.73 Å². The molecule has 1 saturated heterocycles. The number of aromatic nitrogens is 1. The van der Waals surface area contributed by atoms with Gasteiger partial charge in [-0.3, -0.25) is 9.69 Å². The highest BCUT2D eigenvalue weighted by Gasteiger charge is 2.36. The van der Waals surface area contributed by atoms with Crippen LogP contribution in [0.15, 0.2) is 5.38 Å². The molecule has 0 aromatic carbocycles. The van der Waals surface area contributed by atoms with Gasteiger partial charge in [0.25, 0.3) is 0 Å². The molecule has 0 bridgehead atoms. The Bertz CT molecular complexity index is 504. The molecule has 2 N–H and O–H groups in total. The molecule has 3 rings (SSSR count). The van der Waals surface area contributed by atoms with E-state index in [1.807, 2.05) is 11.8 Å². The number of carbonyl (C=O) groups is 1. The number of carbonyl (C=O) groups excluding carboxylic acids is 1. The number of aryl methyl sites for hydroxylation is 1. The molecule has 6 heteroatoms. The number of nitrogens with zero attached hydrogens (tertiary/aromatic N) is 3. The Morgan fingerprint density at radius 2 is 2.10 bits per heavy atom. The summed E-state index contributed by atoms with van der Waals surface area (Å²) in [5.74, 6) is 0.237. The average Bonchev–Trinajstić information content (AvgIpc) is 2.83. The maximum Gasteiger partial charge on any atom is 0.224 e. The lowest BCUT2D eigenvalue weighted by Crippen LogP contribution is -2.54. The minimum Gasteiger partial charge on any atom is -0.340 e. The van der Waals surface area contributed by atoms with Gasteiger partial charge in [-0.15, -0.1) is 11.3 Å². The zero-order valence-corrected chi connectivity index (χ0v) is 13.5. The van der Waals surface area contributed by atoms with E-state index in [1.54, 1.807) is 11.3 Å². The van der Waals surface area contributed by atoms with Crippen molar-refractivity contribution in [3.05, 3.63) is 16.1 Å². The van der Waals surface area contributed by atoms with Crippen molar-refractivity contribution in [1.82, 2.24) is 14.8 Å². The van der Waals surface area contributed by atoms with E-state index in [-0.39, 0.29) is 11.4 Å². The summed E-state index contributed by atoms with van der Waals surface area (Å²) in [5.41, 5.74) is 7.12. The summed E-state index contributed by atoms with van der Waals surface area (Å²) in [6.07, 6.45) is 3.70. The third-order valence-corrected chi connectivity index (χ3v) is 5.45. The largest absolute Gasteiger partial charge is 0.340 e. The molecule has 0 atom stereocenters. The van der Waals surface area contributed by atoms with Crippen LogP contribution in [0.3, 0.4) is 0 Å². The van der Waals surface area contributed by atoms with Crippen molar-refractivity contribution in [3.63, 3.8) is 0 Å². The molecule has 0 spiro atoms. The minimum absolute atomic E-state index is 0.202. The van der Waals surface area contributed by atoms with Crippen LogP contribution in [0.25, 0.3) is 0 Å². The van der Waals surface area contributed by atoms with Crippen LogP contribution < -0.4 is 5.73 Å². The third-order valence-electron chi connectivity index (χ3n) is 4.63. The molecule has 1 aliphatic carbocycles. The van der Waals surface area contributed by atoms with Gasteiger partial charge in [0.15, 0.2) is 0 Å². The summed E-state index contributed by atoms with van der Waals surface area (Å²) in [6.45, 7) is 6.43. The minimum atomic E-state index is -0.202. The number of amides is 1. The predicted molar refractivity (Wildman–Crippen MR) is 84.1 cm³/mol. The first-order chi connectivity index (χ1) is 10.0. The quantitative estimate of drug-likeness (QED) is 0.912. The van der Waals surface area contributed by atoms with Gasteiger partial charge in [0, 0.05) is 50.1 Å². The maximum absolute atomic E-state index is 12.3. The highest BCUT2D eigenvalue weighted by Crippen LogP contribution is 2.32. The molecule has 5 nitrogen and oxygen atoms in total. The lowest BCUT2D eigenvalue weighted by Gasteiger charge is -2.40. The fourth-order valence-electron chi connectivity index (χ4n) is 3.09. The molecule has 116 valence electrons. The average molecular weight is 308 g/mol. The molecule has 21 heavy (non-hydrogen) atoms. The molecule has 1 saturated carbocycles. The van der Waals surface area contributed by atoms with Gasteiger partial charge in [-0.25, -0.2) is 4.98 Å². The van der Waals surface area contributed by atoms with Gasteiger partial charge < -0.3 is 10.6 Å². The number of hydrogen-bond donors (Lipinski definition) is 1. The van der Waals surface area contributed by atoms with Gasteiger partial charge >= 0.3 is 0 Å². The van der Waals surface area contributed by atoms with Crippen LogP contribution in [0.4, 0.5) is 0 Å². The van der Waals surface area contributed by atoms with Crippen LogP contribution in [0.1, 0.15) is 36.4 Å². The van der Waals surface area contributed by atoms with Crippen LogP contribution >= 0.6 is 11.3 Å². The molecular formula is C15H24N4OS. The normalized spacial score (nSPS) is 22.1. The first kappa shape index (κ1) is 14.9. The zero-order valence-electron chi connectivity index (χ0n) is 12.7. The Hall–Kier alpha value is -0.980. The van der Waals surface area contributed by atoms with Crippen molar-refractivity contribution >= 4 is 17.2 Å². The molecule has 1 aromatic rings. The van der Waals surface area contributed by atoms with Crippen molar-refractivity contribution < 1.29 is 4.79 Å². The number of piperazine rings is 1. The van der Waals surface area contributed by atoms with Gasteiger partial charge in [-0.1, -0.05) is 0 Å². The van der Waals surface area contributed by atoms with Crippen LogP contribution in [-0.4, -0.2) is 52.4 Å². The first-order valence-electron chi connectivity index (χ1n) is 7.74. The molecule has 1 amide bonds. The highest BCUT2D eigenvalue weighted by molar-refractivity contribution is 7.09. The molecule has 0 radical (unpaired) electrons. The molecule has 0 unspecified atom stereocenters. The molecule has 2 aliphatic rings. The van der Waals surface area contributed by atoms with Crippen molar-refractivity contribution in [2.75, 3.05) is 26.2 Å². The summed E-state index contributed by atoms with van der Waals surface area (Å²) in [5, 5.41) is 3.24. The lowest BCUT2D eigenvalue weighted by atomic mass is 9.75. The Morgan fingerprint density at radius 3 is 2.62 bits per heavy atom. The number of hydrogen-bond acceptors (Lipinski definition) is 5. The van der Waals surface area contributed by atoms with Crippen molar-refractivity contribution in [1.29, 1.82) is 0 Å². The van der Waals surface area contributed by atoms with Crippen LogP contribution in [0.2, 0.25) is 0 Å². The smallest absolute Gasteiger partial charge is 0.224 e. The number of rotatable bonds is 4. The Kier molecular flexibility index (Phi) is 4.28. The van der Waals surface area contributed by atoms with E-state index in [0.29, 0.717) is 6.42 Å².